The number of amides is 2. The van der Waals surface area contributed by atoms with Crippen LogP contribution < -0.4 is 10.1 Å². The number of benzene rings is 2. The maximum absolute atomic E-state index is 12.9. The molecule has 1 unspecified atom stereocenters. The highest BCUT2D eigenvalue weighted by molar-refractivity contribution is 5.91. The zero-order chi connectivity index (χ0) is 22.8. The van der Waals surface area contributed by atoms with Crippen molar-refractivity contribution >= 4 is 22.6 Å². The zero-order valence-electron chi connectivity index (χ0n) is 18.8. The maximum atomic E-state index is 12.9. The van der Waals surface area contributed by atoms with Crippen molar-refractivity contribution in [1.82, 2.24) is 15.1 Å². The number of carbonyl (C=O) groups is 2. The molecule has 7 heteroatoms. The highest BCUT2D eigenvalue weighted by Gasteiger charge is 2.31. The molecule has 1 aliphatic carbocycles. The Balaban J connectivity index is 1.13. The predicted molar refractivity (Wildman–Crippen MR) is 125 cm³/mol. The molecular weight excluding hydrogens is 418 g/mol. The number of nitrogens with one attached hydrogen (secondary N) is 1. The molecule has 5 rings (SSSR count). The van der Waals surface area contributed by atoms with E-state index in [0.717, 1.165) is 29.4 Å². The Morgan fingerprint density at radius 1 is 1.03 bits per heavy atom. The van der Waals surface area contributed by atoms with Gasteiger partial charge in [-0.05, 0) is 54.8 Å². The number of furan rings is 1. The second kappa shape index (κ2) is 9.27. The van der Waals surface area contributed by atoms with Crippen molar-refractivity contribution in [2.75, 3.05) is 26.2 Å². The van der Waals surface area contributed by atoms with Gasteiger partial charge in [-0.3, -0.25) is 14.5 Å². The number of carbonyl (C=O) groups excluding carboxylic acids is 2. The van der Waals surface area contributed by atoms with Gasteiger partial charge < -0.3 is 19.4 Å². The lowest BCUT2D eigenvalue weighted by molar-refractivity contribution is -0.126. The molecule has 1 saturated carbocycles. The van der Waals surface area contributed by atoms with Gasteiger partial charge in [-0.2, -0.15) is 0 Å². The van der Waals surface area contributed by atoms with Gasteiger partial charge in [-0.25, -0.2) is 0 Å². The zero-order valence-corrected chi connectivity index (χ0v) is 18.8. The van der Waals surface area contributed by atoms with Crippen molar-refractivity contribution in [2.24, 2.45) is 0 Å². The first-order chi connectivity index (χ1) is 16.1. The summed E-state index contributed by atoms with van der Waals surface area (Å²) in [6, 6.07) is 17.8. The van der Waals surface area contributed by atoms with Crippen LogP contribution in [-0.4, -0.2) is 59.9 Å². The smallest absolute Gasteiger partial charge is 0.289 e. The molecule has 3 aromatic rings. The van der Waals surface area contributed by atoms with Crippen molar-refractivity contribution < 1.29 is 18.7 Å². The monoisotopic (exact) mass is 447 g/mol. The fourth-order valence-corrected chi connectivity index (χ4v) is 4.17. The number of hydrogen-bond acceptors (Lipinski definition) is 5. The van der Waals surface area contributed by atoms with Crippen LogP contribution in [0.2, 0.25) is 0 Å². The quantitative estimate of drug-likeness (QED) is 0.601. The Kier molecular flexibility index (Phi) is 6.05. The lowest BCUT2D eigenvalue weighted by Gasteiger charge is -2.37. The number of rotatable bonds is 7. The Labute approximate surface area is 193 Å². The van der Waals surface area contributed by atoms with Gasteiger partial charge in [-0.1, -0.05) is 30.3 Å². The van der Waals surface area contributed by atoms with Crippen LogP contribution in [0.15, 0.2) is 59.0 Å². The standard InChI is InChI=1S/C26H29N3O4/c1-18(25(30)27-21-7-8-21)28-12-14-29(15-13-28)26(31)24-11-10-23(33-24)17-32-22-9-6-19-4-2-3-5-20(19)16-22/h2-6,9-11,16,18,21H,7-8,12-15,17H2,1H3,(H,27,30). The average molecular weight is 448 g/mol. The van der Waals surface area contributed by atoms with Crippen LogP contribution in [0.5, 0.6) is 5.75 Å². The average Bonchev–Trinajstić information content (AvgIpc) is 3.54. The predicted octanol–water partition coefficient (Wildman–Crippen LogP) is 3.44. The van der Waals surface area contributed by atoms with Gasteiger partial charge in [0.2, 0.25) is 5.91 Å². The van der Waals surface area contributed by atoms with Gasteiger partial charge in [0.05, 0.1) is 6.04 Å². The molecule has 1 aromatic heterocycles. The molecule has 7 nitrogen and oxygen atoms in total. The molecule has 1 N–H and O–H groups in total. The van der Waals surface area contributed by atoms with Crippen LogP contribution in [0.3, 0.4) is 0 Å². The molecule has 1 aliphatic heterocycles. The molecule has 0 spiro atoms. The number of nitrogens with zero attached hydrogens (tertiary/aromatic N) is 2. The van der Waals surface area contributed by atoms with E-state index < -0.39 is 0 Å². The molecule has 2 amide bonds. The van der Waals surface area contributed by atoms with Crippen molar-refractivity contribution in [2.45, 2.75) is 38.5 Å². The highest BCUT2D eigenvalue weighted by Crippen LogP contribution is 2.22. The summed E-state index contributed by atoms with van der Waals surface area (Å²) in [5.74, 6) is 1.64. The molecule has 2 heterocycles. The fourth-order valence-electron chi connectivity index (χ4n) is 4.17. The summed E-state index contributed by atoms with van der Waals surface area (Å²) in [5.41, 5.74) is 0. The Morgan fingerprint density at radius 2 is 1.79 bits per heavy atom. The number of hydrogen-bond donors (Lipinski definition) is 1. The van der Waals surface area contributed by atoms with Crippen LogP contribution >= 0.6 is 0 Å². The van der Waals surface area contributed by atoms with E-state index in [4.69, 9.17) is 9.15 Å². The van der Waals surface area contributed by atoms with Gasteiger partial charge in [0.1, 0.15) is 18.1 Å². The van der Waals surface area contributed by atoms with Crippen molar-refractivity contribution in [3.63, 3.8) is 0 Å². The van der Waals surface area contributed by atoms with E-state index >= 15 is 0 Å². The van der Waals surface area contributed by atoms with E-state index in [9.17, 15) is 9.59 Å². The fraction of sp³-hybridized carbons (Fsp3) is 0.385. The maximum Gasteiger partial charge on any atom is 0.289 e. The molecule has 0 radical (unpaired) electrons. The van der Waals surface area contributed by atoms with Gasteiger partial charge in [0.25, 0.3) is 5.91 Å². The molecule has 2 fully saturated rings. The second-order valence-corrected chi connectivity index (χ2v) is 8.85. The molecule has 2 aromatic carbocycles. The summed E-state index contributed by atoms with van der Waals surface area (Å²) in [5, 5.41) is 5.33. The van der Waals surface area contributed by atoms with Crippen LogP contribution in [0.1, 0.15) is 36.1 Å². The minimum absolute atomic E-state index is 0.0827. The van der Waals surface area contributed by atoms with Crippen molar-refractivity contribution in [1.29, 1.82) is 0 Å². The first kappa shape index (κ1) is 21.5. The third-order valence-electron chi connectivity index (χ3n) is 6.43. The summed E-state index contributed by atoms with van der Waals surface area (Å²) in [7, 11) is 0. The molecule has 172 valence electrons. The van der Waals surface area contributed by atoms with E-state index in [1.54, 1.807) is 17.0 Å². The van der Waals surface area contributed by atoms with E-state index in [-0.39, 0.29) is 24.5 Å². The minimum atomic E-state index is -0.176. The van der Waals surface area contributed by atoms with Gasteiger partial charge in [0.15, 0.2) is 5.76 Å². The summed E-state index contributed by atoms with van der Waals surface area (Å²) >= 11 is 0. The molecule has 1 atom stereocenters. The summed E-state index contributed by atoms with van der Waals surface area (Å²) in [6.07, 6.45) is 2.17. The Hall–Kier alpha value is -3.32. The van der Waals surface area contributed by atoms with Gasteiger partial charge >= 0.3 is 0 Å². The number of ether oxygens (including phenoxy) is 1. The Bertz CT molecular complexity index is 1150. The second-order valence-electron chi connectivity index (χ2n) is 8.85. The summed E-state index contributed by atoms with van der Waals surface area (Å²) in [6.45, 7) is 4.68. The van der Waals surface area contributed by atoms with E-state index in [1.807, 2.05) is 43.3 Å². The van der Waals surface area contributed by atoms with E-state index in [1.165, 1.54) is 0 Å². The lowest BCUT2D eigenvalue weighted by Crippen LogP contribution is -2.55. The molecule has 0 bridgehead atoms. The first-order valence-electron chi connectivity index (χ1n) is 11.6. The van der Waals surface area contributed by atoms with Crippen LogP contribution in [0.4, 0.5) is 0 Å². The molecule has 1 saturated heterocycles. The summed E-state index contributed by atoms with van der Waals surface area (Å²) < 4.78 is 11.6. The molecule has 2 aliphatic rings. The van der Waals surface area contributed by atoms with E-state index in [2.05, 4.69) is 16.3 Å². The van der Waals surface area contributed by atoms with Crippen molar-refractivity contribution in [3.8, 4) is 5.75 Å². The van der Waals surface area contributed by atoms with Gasteiger partial charge in [-0.15, -0.1) is 0 Å². The van der Waals surface area contributed by atoms with Crippen LogP contribution in [0.25, 0.3) is 10.8 Å². The van der Waals surface area contributed by atoms with Gasteiger partial charge in [0, 0.05) is 32.2 Å². The third kappa shape index (κ3) is 5.03. The van der Waals surface area contributed by atoms with Crippen molar-refractivity contribution in [3.05, 3.63) is 66.1 Å². The number of fused-ring (bicyclic) bond motifs is 1. The third-order valence-corrected chi connectivity index (χ3v) is 6.43. The van der Waals surface area contributed by atoms with E-state index in [0.29, 0.717) is 43.7 Å². The normalized spacial score (nSPS) is 17.7. The topological polar surface area (TPSA) is 75.0 Å². The molecule has 33 heavy (non-hydrogen) atoms. The summed E-state index contributed by atoms with van der Waals surface area (Å²) in [4.78, 5) is 29.1. The van der Waals surface area contributed by atoms with Crippen LogP contribution in [0, 0.1) is 0 Å². The molecular formula is C26H29N3O4. The first-order valence-corrected chi connectivity index (χ1v) is 11.6. The number of piperazine rings is 1. The SMILES string of the molecule is CC(C(=O)NC1CC1)N1CCN(C(=O)c2ccc(COc3ccc4ccccc4c3)o2)CC1. The minimum Gasteiger partial charge on any atom is -0.486 e. The lowest BCUT2D eigenvalue weighted by atomic mass is 10.1. The highest BCUT2D eigenvalue weighted by atomic mass is 16.5. The largest absolute Gasteiger partial charge is 0.486 e. The van der Waals surface area contributed by atoms with Crippen LogP contribution in [-0.2, 0) is 11.4 Å². The Morgan fingerprint density at radius 3 is 2.55 bits per heavy atom.